The van der Waals surface area contributed by atoms with Gasteiger partial charge in [-0.3, -0.25) is 4.79 Å². The Morgan fingerprint density at radius 1 is 0.963 bits per heavy atom. The van der Waals surface area contributed by atoms with Crippen LogP contribution < -0.4 is 0 Å². The maximum Gasteiger partial charge on any atom is 0.303 e. The summed E-state index contributed by atoms with van der Waals surface area (Å²) in [6, 6.07) is 0. The van der Waals surface area contributed by atoms with E-state index < -0.39 is 5.97 Å². The fourth-order valence-corrected chi connectivity index (χ4v) is 9.05. The highest BCUT2D eigenvalue weighted by molar-refractivity contribution is 5.66. The number of hydrogen-bond donors (Lipinski definition) is 1. The van der Waals surface area contributed by atoms with Gasteiger partial charge in [0.15, 0.2) is 0 Å². The number of aliphatic carboxylic acids is 1. The minimum atomic E-state index is -0.629. The van der Waals surface area contributed by atoms with Gasteiger partial charge in [0.2, 0.25) is 0 Å². The number of fused-ring (bicyclic) bond motifs is 5. The van der Waals surface area contributed by atoms with Crippen LogP contribution in [-0.4, -0.2) is 11.1 Å². The van der Waals surface area contributed by atoms with E-state index in [2.05, 4.69) is 20.8 Å². The van der Waals surface area contributed by atoms with Crippen LogP contribution in [0.15, 0.2) is 0 Å². The number of rotatable bonds is 5. The molecule has 8 atom stereocenters. The molecule has 4 aliphatic carbocycles. The standard InChI is InChI=1S/C25H42O2/c1-17(7-6-9-23(26)27)20-12-13-21-19-11-10-18-8-4-5-15-24(18,2)22(19)14-16-25(20,21)3/h17-22H,4-16H2,1-3H3,(H,26,27)/t17?,18-,19-,20+,21-,22-,24-,25+/m0/s1. The molecule has 0 spiro atoms. The summed E-state index contributed by atoms with van der Waals surface area (Å²) in [5.74, 6) is 4.84. The van der Waals surface area contributed by atoms with E-state index in [0.717, 1.165) is 42.4 Å². The number of carboxylic acids is 1. The number of hydrogen-bond acceptors (Lipinski definition) is 1. The molecule has 1 N–H and O–H groups in total. The molecule has 4 saturated carbocycles. The van der Waals surface area contributed by atoms with Crippen molar-refractivity contribution in [1.82, 2.24) is 0 Å². The van der Waals surface area contributed by atoms with Crippen LogP contribution >= 0.6 is 0 Å². The summed E-state index contributed by atoms with van der Waals surface area (Å²) in [5, 5.41) is 8.98. The largest absolute Gasteiger partial charge is 0.481 e. The summed E-state index contributed by atoms with van der Waals surface area (Å²) < 4.78 is 0. The summed E-state index contributed by atoms with van der Waals surface area (Å²) >= 11 is 0. The molecule has 0 amide bonds. The highest BCUT2D eigenvalue weighted by Crippen LogP contribution is 2.68. The monoisotopic (exact) mass is 374 g/mol. The van der Waals surface area contributed by atoms with Crippen molar-refractivity contribution in [3.8, 4) is 0 Å². The third kappa shape index (κ3) is 3.27. The van der Waals surface area contributed by atoms with Gasteiger partial charge < -0.3 is 5.11 Å². The molecule has 2 heteroatoms. The average Bonchev–Trinajstić information content (AvgIpc) is 2.98. The van der Waals surface area contributed by atoms with Crippen LogP contribution in [0, 0.1) is 46.3 Å². The Kier molecular flexibility index (Phi) is 5.40. The van der Waals surface area contributed by atoms with Crippen molar-refractivity contribution < 1.29 is 9.90 Å². The van der Waals surface area contributed by atoms with Crippen molar-refractivity contribution in [3.63, 3.8) is 0 Å². The van der Waals surface area contributed by atoms with Crippen LogP contribution in [0.1, 0.15) is 104 Å². The molecule has 0 bridgehead atoms. The summed E-state index contributed by atoms with van der Waals surface area (Å²) in [6.45, 7) is 7.73. The summed E-state index contributed by atoms with van der Waals surface area (Å²) in [4.78, 5) is 10.9. The lowest BCUT2D eigenvalue weighted by Crippen LogP contribution is -2.53. The molecule has 0 radical (unpaired) electrons. The third-order valence-electron chi connectivity index (χ3n) is 10.4. The van der Waals surface area contributed by atoms with Gasteiger partial charge in [0.05, 0.1) is 0 Å². The first-order valence-electron chi connectivity index (χ1n) is 12.1. The van der Waals surface area contributed by atoms with Gasteiger partial charge in [0.25, 0.3) is 0 Å². The van der Waals surface area contributed by atoms with E-state index in [-0.39, 0.29) is 0 Å². The van der Waals surface area contributed by atoms with Crippen molar-refractivity contribution in [1.29, 1.82) is 0 Å². The van der Waals surface area contributed by atoms with Crippen LogP contribution in [0.2, 0.25) is 0 Å². The summed E-state index contributed by atoms with van der Waals surface area (Å²) in [7, 11) is 0. The maximum absolute atomic E-state index is 10.9. The molecule has 0 aromatic heterocycles. The van der Waals surface area contributed by atoms with Gasteiger partial charge in [-0.15, -0.1) is 0 Å². The van der Waals surface area contributed by atoms with Gasteiger partial charge in [-0.25, -0.2) is 0 Å². The Morgan fingerprint density at radius 2 is 1.74 bits per heavy atom. The molecule has 4 rings (SSSR count). The maximum atomic E-state index is 10.9. The molecule has 4 aliphatic rings. The molecular weight excluding hydrogens is 332 g/mol. The van der Waals surface area contributed by atoms with E-state index in [4.69, 9.17) is 5.11 Å². The van der Waals surface area contributed by atoms with Gasteiger partial charge in [-0.2, -0.15) is 0 Å². The molecule has 0 aromatic carbocycles. The smallest absolute Gasteiger partial charge is 0.303 e. The molecule has 0 aliphatic heterocycles. The highest BCUT2D eigenvalue weighted by Gasteiger charge is 2.59. The molecule has 2 nitrogen and oxygen atoms in total. The first-order chi connectivity index (χ1) is 12.9. The molecule has 0 saturated heterocycles. The van der Waals surface area contributed by atoms with E-state index in [1.807, 2.05) is 0 Å². The SMILES string of the molecule is CC(CCCC(=O)O)[C@H]1CC[C@H]2[C@@H]3CC[C@@H]4CCCC[C@]4(C)[C@H]3CC[C@]12C. The Bertz CT molecular complexity index is 557. The van der Waals surface area contributed by atoms with Crippen molar-refractivity contribution in [2.75, 3.05) is 0 Å². The first kappa shape index (κ1) is 19.8. The van der Waals surface area contributed by atoms with Crippen molar-refractivity contribution in [3.05, 3.63) is 0 Å². The second kappa shape index (κ2) is 7.38. The summed E-state index contributed by atoms with van der Waals surface area (Å²) in [6.07, 6.45) is 17.0. The lowest BCUT2D eigenvalue weighted by atomic mass is 9.44. The zero-order valence-electron chi connectivity index (χ0n) is 18.0. The predicted octanol–water partition coefficient (Wildman–Crippen LogP) is 6.93. The fraction of sp³-hybridized carbons (Fsp3) is 0.960. The second-order valence-electron chi connectivity index (χ2n) is 11.4. The van der Waals surface area contributed by atoms with Crippen LogP contribution in [0.3, 0.4) is 0 Å². The zero-order chi connectivity index (χ0) is 19.2. The van der Waals surface area contributed by atoms with Gasteiger partial charge in [0, 0.05) is 6.42 Å². The van der Waals surface area contributed by atoms with Gasteiger partial charge in [-0.05, 0) is 111 Å². The van der Waals surface area contributed by atoms with Gasteiger partial charge in [-0.1, -0.05) is 33.6 Å². The molecule has 1 unspecified atom stereocenters. The van der Waals surface area contributed by atoms with E-state index in [1.165, 1.54) is 64.2 Å². The van der Waals surface area contributed by atoms with E-state index >= 15 is 0 Å². The van der Waals surface area contributed by atoms with E-state index in [1.54, 1.807) is 0 Å². The fourth-order valence-electron chi connectivity index (χ4n) is 9.05. The first-order valence-corrected chi connectivity index (χ1v) is 12.1. The topological polar surface area (TPSA) is 37.3 Å². The van der Waals surface area contributed by atoms with E-state index in [0.29, 0.717) is 23.2 Å². The quantitative estimate of drug-likeness (QED) is 0.566. The molecule has 27 heavy (non-hydrogen) atoms. The van der Waals surface area contributed by atoms with Crippen LogP contribution in [-0.2, 0) is 4.79 Å². The predicted molar refractivity (Wildman–Crippen MR) is 110 cm³/mol. The third-order valence-corrected chi connectivity index (χ3v) is 10.4. The molecule has 154 valence electrons. The van der Waals surface area contributed by atoms with E-state index in [9.17, 15) is 4.79 Å². The molecular formula is C25H42O2. The van der Waals surface area contributed by atoms with Crippen LogP contribution in [0.4, 0.5) is 0 Å². The van der Waals surface area contributed by atoms with Crippen molar-refractivity contribution in [2.24, 2.45) is 46.3 Å². The number of carbonyl (C=O) groups is 1. The van der Waals surface area contributed by atoms with Gasteiger partial charge >= 0.3 is 5.97 Å². The van der Waals surface area contributed by atoms with Gasteiger partial charge in [0.1, 0.15) is 0 Å². The Labute approximate surface area is 166 Å². The number of carboxylic acid groups (broad SMARTS) is 1. The zero-order valence-corrected chi connectivity index (χ0v) is 18.0. The Balaban J connectivity index is 1.47. The molecule has 4 fully saturated rings. The van der Waals surface area contributed by atoms with Crippen LogP contribution in [0.5, 0.6) is 0 Å². The van der Waals surface area contributed by atoms with Crippen molar-refractivity contribution in [2.45, 2.75) is 104 Å². The normalized spacial score (nSPS) is 47.6. The molecule has 0 aromatic rings. The lowest BCUT2D eigenvalue weighted by Gasteiger charge is -2.61. The lowest BCUT2D eigenvalue weighted by molar-refractivity contribution is -0.137. The van der Waals surface area contributed by atoms with Crippen molar-refractivity contribution >= 4 is 5.97 Å². The Morgan fingerprint density at radius 3 is 2.52 bits per heavy atom. The Hall–Kier alpha value is -0.530. The summed E-state index contributed by atoms with van der Waals surface area (Å²) in [5.41, 5.74) is 1.18. The minimum absolute atomic E-state index is 0.349. The molecule has 0 heterocycles. The highest BCUT2D eigenvalue weighted by atomic mass is 16.4. The van der Waals surface area contributed by atoms with Crippen LogP contribution in [0.25, 0.3) is 0 Å². The minimum Gasteiger partial charge on any atom is -0.481 e. The average molecular weight is 375 g/mol. The second-order valence-corrected chi connectivity index (χ2v) is 11.4.